The summed E-state index contributed by atoms with van der Waals surface area (Å²) in [4.78, 5) is 10.2. The quantitative estimate of drug-likeness (QED) is 0.414. The molecule has 2 rings (SSSR count). The Labute approximate surface area is 35.7 Å². The Morgan fingerprint density at radius 2 is 2.50 bits per heavy atom. The number of allylic oxidation sites excluding steroid dienone is 2. The van der Waals surface area contributed by atoms with Crippen LogP contribution >= 0.6 is 0 Å². The molecule has 30 valence electrons. The molecule has 0 N–H and O–H groups in total. The molecule has 1 atom stereocenters. The second-order valence-corrected chi connectivity index (χ2v) is 1.81. The predicted molar refractivity (Wildman–Crippen MR) is 21.2 cm³/mol. The van der Waals surface area contributed by atoms with Crippen molar-refractivity contribution in [2.45, 2.75) is 6.42 Å². The number of rotatable bonds is 0. The smallest absolute Gasteiger partial charge is 0.167 e. The first kappa shape index (κ1) is 2.56. The van der Waals surface area contributed by atoms with Crippen molar-refractivity contribution in [1.29, 1.82) is 0 Å². The highest BCUT2D eigenvalue weighted by molar-refractivity contribution is 6.19. The minimum atomic E-state index is 0.398. The first-order chi connectivity index (χ1) is 2.89. The lowest BCUT2D eigenvalue weighted by atomic mass is 10.1. The van der Waals surface area contributed by atoms with Crippen LogP contribution < -0.4 is 0 Å². The summed E-state index contributed by atoms with van der Waals surface area (Å²) in [5, 5.41) is 0. The van der Waals surface area contributed by atoms with Gasteiger partial charge in [-0.25, -0.2) is 0 Å². The van der Waals surface area contributed by atoms with Gasteiger partial charge in [0, 0.05) is 5.57 Å². The Bertz CT molecular complexity index is 144. The number of carbonyl (C=O) groups excluding carboxylic acids is 1. The number of fused-ring (bicyclic) bond motifs is 1. The van der Waals surface area contributed by atoms with E-state index in [1.54, 1.807) is 0 Å². The van der Waals surface area contributed by atoms with Crippen molar-refractivity contribution in [3.63, 3.8) is 0 Å². The normalized spacial score (nSPS) is 37.0. The van der Waals surface area contributed by atoms with Crippen LogP contribution in [0.4, 0.5) is 0 Å². The van der Waals surface area contributed by atoms with E-state index in [0.717, 1.165) is 12.0 Å². The summed E-state index contributed by atoms with van der Waals surface area (Å²) in [6.07, 6.45) is 3.04. The molecule has 1 fully saturated rings. The molecule has 0 amide bonds. The van der Waals surface area contributed by atoms with Crippen LogP contribution in [0.1, 0.15) is 6.42 Å². The summed E-state index contributed by atoms with van der Waals surface area (Å²) in [6, 6.07) is 0. The molecule has 1 saturated carbocycles. The van der Waals surface area contributed by atoms with E-state index >= 15 is 0 Å². The molecule has 0 spiro atoms. The van der Waals surface area contributed by atoms with Gasteiger partial charge >= 0.3 is 0 Å². The lowest BCUT2D eigenvalue weighted by Crippen LogP contribution is -1.78. The second-order valence-electron chi connectivity index (χ2n) is 1.81. The van der Waals surface area contributed by atoms with Crippen LogP contribution in [0.3, 0.4) is 0 Å². The van der Waals surface area contributed by atoms with Crippen molar-refractivity contribution < 1.29 is 4.79 Å². The molecule has 6 heavy (non-hydrogen) atoms. The third-order valence-electron chi connectivity index (χ3n) is 1.47. The van der Waals surface area contributed by atoms with Crippen molar-refractivity contribution >= 4 is 5.78 Å². The molecule has 0 heterocycles. The van der Waals surface area contributed by atoms with Gasteiger partial charge < -0.3 is 0 Å². The number of hydrogen-bond donors (Lipinski definition) is 0. The molecular formula is C5H4O. The van der Waals surface area contributed by atoms with Gasteiger partial charge in [-0.2, -0.15) is 0 Å². The van der Waals surface area contributed by atoms with Crippen molar-refractivity contribution in [2.24, 2.45) is 5.92 Å². The van der Waals surface area contributed by atoms with Crippen molar-refractivity contribution in [3.05, 3.63) is 11.6 Å². The first-order valence-electron chi connectivity index (χ1n) is 2.14. The Morgan fingerprint density at radius 1 is 1.83 bits per heavy atom. The first-order valence-corrected chi connectivity index (χ1v) is 2.14. The van der Waals surface area contributed by atoms with Crippen molar-refractivity contribution in [2.75, 3.05) is 0 Å². The topological polar surface area (TPSA) is 17.1 Å². The highest BCUT2D eigenvalue weighted by Crippen LogP contribution is 2.44. The zero-order valence-electron chi connectivity index (χ0n) is 3.27. The van der Waals surface area contributed by atoms with E-state index in [0.29, 0.717) is 11.7 Å². The number of carbonyl (C=O) groups is 1. The van der Waals surface area contributed by atoms with E-state index in [2.05, 4.69) is 0 Å². The van der Waals surface area contributed by atoms with Crippen molar-refractivity contribution in [1.82, 2.24) is 0 Å². The average molecular weight is 80.1 g/mol. The van der Waals surface area contributed by atoms with Crippen LogP contribution in [0.5, 0.6) is 0 Å². The van der Waals surface area contributed by atoms with E-state index in [4.69, 9.17) is 0 Å². The average Bonchev–Trinajstić information content (AvgIpc) is 1.63. The molecule has 0 aromatic heterocycles. The largest absolute Gasteiger partial charge is 0.294 e. The Balaban J connectivity index is 2.59. The summed E-state index contributed by atoms with van der Waals surface area (Å²) in [6.45, 7) is 0. The van der Waals surface area contributed by atoms with E-state index in [-0.39, 0.29) is 0 Å². The van der Waals surface area contributed by atoms with Crippen LogP contribution in [0, 0.1) is 5.92 Å². The fraction of sp³-hybridized carbons (Fsp3) is 0.400. The van der Waals surface area contributed by atoms with Gasteiger partial charge in [0.15, 0.2) is 5.78 Å². The maximum absolute atomic E-state index is 10.2. The minimum absolute atomic E-state index is 0.398. The summed E-state index contributed by atoms with van der Waals surface area (Å²) in [7, 11) is 0. The van der Waals surface area contributed by atoms with Crippen LogP contribution in [0.25, 0.3) is 0 Å². The van der Waals surface area contributed by atoms with E-state index in [1.807, 2.05) is 6.08 Å². The SMILES string of the molecule is O=C1C2=CCC12. The Kier molecular flexibility index (Phi) is 0.202. The summed E-state index contributed by atoms with van der Waals surface area (Å²) in [5.74, 6) is 0.819. The van der Waals surface area contributed by atoms with Gasteiger partial charge in [0.1, 0.15) is 0 Å². The fourth-order valence-corrected chi connectivity index (χ4v) is 0.826. The van der Waals surface area contributed by atoms with Gasteiger partial charge in [0.25, 0.3) is 0 Å². The maximum atomic E-state index is 10.2. The fourth-order valence-electron chi connectivity index (χ4n) is 0.826. The molecule has 2 aliphatic rings. The number of ketones is 1. The van der Waals surface area contributed by atoms with Gasteiger partial charge in [-0.1, -0.05) is 6.08 Å². The second kappa shape index (κ2) is 0.473. The summed E-state index contributed by atoms with van der Waals surface area (Å²) >= 11 is 0. The molecule has 0 saturated heterocycles. The third kappa shape index (κ3) is 0.0954. The van der Waals surface area contributed by atoms with Gasteiger partial charge in [-0.05, 0) is 6.42 Å². The number of Topliss-reactive ketones (excluding diaryl/α,β-unsaturated/α-hetero) is 1. The molecule has 0 radical (unpaired) electrons. The molecule has 1 nitrogen and oxygen atoms in total. The highest BCUT2D eigenvalue weighted by atomic mass is 16.1. The Hall–Kier alpha value is -0.590. The van der Waals surface area contributed by atoms with E-state index in [1.165, 1.54) is 0 Å². The lowest BCUT2D eigenvalue weighted by Gasteiger charge is -1.87. The zero-order chi connectivity index (χ0) is 4.15. The summed E-state index contributed by atoms with van der Waals surface area (Å²) in [5.41, 5.74) is 1.09. The van der Waals surface area contributed by atoms with Crippen LogP contribution in [0.2, 0.25) is 0 Å². The lowest BCUT2D eigenvalue weighted by molar-refractivity contribution is -0.109. The molecule has 1 unspecified atom stereocenters. The predicted octanol–water partition coefficient (Wildman–Crippen LogP) is 0.515. The zero-order valence-corrected chi connectivity index (χ0v) is 3.27. The number of hydrogen-bond acceptors (Lipinski definition) is 1. The molecule has 0 aromatic rings. The van der Waals surface area contributed by atoms with Crippen LogP contribution in [-0.4, -0.2) is 5.78 Å². The molecule has 0 aromatic carbocycles. The molecule has 1 heteroatoms. The van der Waals surface area contributed by atoms with Gasteiger partial charge in [0.2, 0.25) is 0 Å². The van der Waals surface area contributed by atoms with E-state index in [9.17, 15) is 4.79 Å². The standard InChI is InChI=1S/C5H4O/c6-5-3-1-2-4(3)5/h1,4H,2H2. The van der Waals surface area contributed by atoms with Crippen LogP contribution in [0.15, 0.2) is 11.6 Å². The van der Waals surface area contributed by atoms with E-state index < -0.39 is 0 Å². The molecule has 0 aliphatic heterocycles. The monoisotopic (exact) mass is 80.0 g/mol. The van der Waals surface area contributed by atoms with Gasteiger partial charge in [0.05, 0.1) is 5.92 Å². The maximum Gasteiger partial charge on any atom is 0.167 e. The van der Waals surface area contributed by atoms with Gasteiger partial charge in [-0.3, -0.25) is 4.79 Å². The molecule has 2 aliphatic carbocycles. The molecule has 0 bridgehead atoms. The Morgan fingerprint density at radius 3 is 2.50 bits per heavy atom. The van der Waals surface area contributed by atoms with Crippen LogP contribution in [-0.2, 0) is 4.79 Å². The minimum Gasteiger partial charge on any atom is -0.294 e. The summed E-state index contributed by atoms with van der Waals surface area (Å²) < 4.78 is 0. The highest BCUT2D eigenvalue weighted by Gasteiger charge is 2.47. The third-order valence-corrected chi connectivity index (χ3v) is 1.47. The molecular weight excluding hydrogens is 76.1 g/mol. The van der Waals surface area contributed by atoms with Crippen molar-refractivity contribution in [3.8, 4) is 0 Å². The van der Waals surface area contributed by atoms with Gasteiger partial charge in [-0.15, -0.1) is 0 Å².